The van der Waals surface area contributed by atoms with Crippen LogP contribution in [0.1, 0.15) is 54.8 Å². The van der Waals surface area contributed by atoms with E-state index in [4.69, 9.17) is 4.98 Å². The number of fused-ring (bicyclic) bond motifs is 3. The summed E-state index contributed by atoms with van der Waals surface area (Å²) in [5, 5.41) is 15.2. The maximum atomic E-state index is 13.1. The number of hydrogen-bond acceptors (Lipinski definition) is 7. The molecule has 6 heterocycles. The van der Waals surface area contributed by atoms with Crippen LogP contribution in [-0.4, -0.2) is 63.6 Å². The van der Waals surface area contributed by atoms with E-state index in [9.17, 15) is 9.59 Å². The zero-order valence-corrected chi connectivity index (χ0v) is 21.9. The summed E-state index contributed by atoms with van der Waals surface area (Å²) in [6.07, 6.45) is 8.49. The van der Waals surface area contributed by atoms with Crippen LogP contribution in [0.3, 0.4) is 0 Å². The van der Waals surface area contributed by atoms with E-state index in [1.807, 2.05) is 59.6 Å². The highest BCUT2D eigenvalue weighted by molar-refractivity contribution is 5.91. The molecule has 2 saturated heterocycles. The van der Waals surface area contributed by atoms with Crippen molar-refractivity contribution in [2.24, 2.45) is 0 Å². The molecule has 0 aliphatic carbocycles. The largest absolute Gasteiger partial charge is 0.330 e. The van der Waals surface area contributed by atoms with Crippen LogP contribution in [0.15, 0.2) is 67.3 Å². The van der Waals surface area contributed by atoms with E-state index in [1.54, 1.807) is 10.7 Å². The van der Waals surface area contributed by atoms with Crippen LogP contribution in [-0.2, 0) is 4.79 Å². The fourth-order valence-corrected chi connectivity index (χ4v) is 6.18. The van der Waals surface area contributed by atoms with Gasteiger partial charge in [-0.25, -0.2) is 4.98 Å². The molecule has 7 rings (SSSR count). The molecule has 2 aliphatic heterocycles. The summed E-state index contributed by atoms with van der Waals surface area (Å²) in [7, 11) is 0. The van der Waals surface area contributed by atoms with Gasteiger partial charge < -0.3 is 15.2 Å². The molecule has 2 amide bonds. The molecular weight excluding hydrogens is 506 g/mol. The molecule has 200 valence electrons. The lowest BCUT2D eigenvalue weighted by Crippen LogP contribution is -2.46. The van der Waals surface area contributed by atoms with Gasteiger partial charge in [0.15, 0.2) is 5.65 Å². The normalized spacial score (nSPS) is 20.1. The van der Waals surface area contributed by atoms with Crippen LogP contribution in [0.5, 0.6) is 0 Å². The second-order valence-electron chi connectivity index (χ2n) is 10.4. The van der Waals surface area contributed by atoms with Crippen molar-refractivity contribution in [1.82, 2.24) is 39.7 Å². The Bertz CT molecular complexity index is 1680. The van der Waals surface area contributed by atoms with Gasteiger partial charge in [0, 0.05) is 59.6 Å². The van der Waals surface area contributed by atoms with E-state index in [1.165, 1.54) is 13.3 Å². The molecule has 11 heteroatoms. The molecule has 1 aromatic carbocycles. The Labute approximate surface area is 229 Å². The summed E-state index contributed by atoms with van der Waals surface area (Å²) in [5.41, 5.74) is 5.20. The van der Waals surface area contributed by atoms with Crippen LogP contribution >= 0.6 is 0 Å². The molecule has 2 fully saturated rings. The highest BCUT2D eigenvalue weighted by atomic mass is 16.2. The van der Waals surface area contributed by atoms with Gasteiger partial charge in [0.05, 0.1) is 11.9 Å². The predicted molar refractivity (Wildman–Crippen MR) is 147 cm³/mol. The number of pyridine rings is 1. The molecule has 2 bridgehead atoms. The number of aromatic amines is 1. The van der Waals surface area contributed by atoms with Gasteiger partial charge in [-0.1, -0.05) is 36.4 Å². The van der Waals surface area contributed by atoms with Gasteiger partial charge >= 0.3 is 0 Å². The van der Waals surface area contributed by atoms with E-state index in [2.05, 4.69) is 30.6 Å². The smallest absolute Gasteiger partial charge is 0.292 e. The Morgan fingerprint density at radius 1 is 1.00 bits per heavy atom. The summed E-state index contributed by atoms with van der Waals surface area (Å²) >= 11 is 0. The topological polar surface area (TPSA) is 134 Å². The van der Waals surface area contributed by atoms with Crippen molar-refractivity contribution in [2.45, 2.75) is 50.6 Å². The quantitative estimate of drug-likeness (QED) is 0.348. The number of amides is 2. The number of hydrogen-bond donors (Lipinski definition) is 2. The molecule has 40 heavy (non-hydrogen) atoms. The molecule has 5 aromatic rings. The maximum absolute atomic E-state index is 13.1. The number of piperidine rings is 1. The summed E-state index contributed by atoms with van der Waals surface area (Å²) < 4.78 is 1.67. The Morgan fingerprint density at radius 2 is 1.80 bits per heavy atom. The first-order valence-electron chi connectivity index (χ1n) is 13.4. The number of nitrogens with one attached hydrogen (secondary N) is 2. The second kappa shape index (κ2) is 9.67. The Balaban J connectivity index is 1.23. The van der Waals surface area contributed by atoms with E-state index < -0.39 is 0 Å². The number of nitrogens with zero attached hydrogens (tertiary/aromatic N) is 7. The van der Waals surface area contributed by atoms with Gasteiger partial charge in [-0.3, -0.25) is 14.6 Å². The molecule has 0 spiro atoms. The highest BCUT2D eigenvalue weighted by Crippen LogP contribution is 2.44. The van der Waals surface area contributed by atoms with Gasteiger partial charge in [-0.05, 0) is 31.7 Å². The zero-order chi connectivity index (χ0) is 27.2. The Hall–Kier alpha value is -4.93. The van der Waals surface area contributed by atoms with Gasteiger partial charge in [0.2, 0.25) is 11.7 Å². The van der Waals surface area contributed by atoms with E-state index in [-0.39, 0.29) is 35.6 Å². The van der Waals surface area contributed by atoms with Crippen molar-refractivity contribution in [1.29, 1.82) is 0 Å². The third kappa shape index (κ3) is 4.19. The van der Waals surface area contributed by atoms with E-state index in [0.29, 0.717) is 11.5 Å². The fourth-order valence-electron chi connectivity index (χ4n) is 6.18. The van der Waals surface area contributed by atoms with Crippen molar-refractivity contribution in [3.63, 3.8) is 0 Å². The lowest BCUT2D eigenvalue weighted by molar-refractivity contribution is -0.114. The molecule has 3 atom stereocenters. The monoisotopic (exact) mass is 533 g/mol. The summed E-state index contributed by atoms with van der Waals surface area (Å²) in [5.74, 6) is 0.695. The van der Waals surface area contributed by atoms with Gasteiger partial charge in [-0.15, -0.1) is 10.2 Å². The highest BCUT2D eigenvalue weighted by Gasteiger charge is 2.45. The van der Waals surface area contributed by atoms with Crippen molar-refractivity contribution < 1.29 is 9.59 Å². The minimum Gasteiger partial charge on any atom is -0.330 e. The first-order chi connectivity index (χ1) is 19.5. The van der Waals surface area contributed by atoms with Crippen LogP contribution in [0, 0.1) is 0 Å². The molecule has 2 aliphatic rings. The van der Waals surface area contributed by atoms with Crippen LogP contribution in [0.4, 0.5) is 5.82 Å². The molecule has 2 N–H and O–H groups in total. The summed E-state index contributed by atoms with van der Waals surface area (Å²) in [4.78, 5) is 39.8. The maximum Gasteiger partial charge on any atom is 0.292 e. The van der Waals surface area contributed by atoms with Crippen molar-refractivity contribution in [2.75, 3.05) is 5.32 Å². The number of aromatic nitrogens is 7. The van der Waals surface area contributed by atoms with Crippen molar-refractivity contribution in [3.05, 3.63) is 78.8 Å². The number of H-pyrrole nitrogens is 1. The number of carbonyl (C=O) groups is 2. The van der Waals surface area contributed by atoms with Gasteiger partial charge in [0.1, 0.15) is 12.1 Å². The van der Waals surface area contributed by atoms with Crippen LogP contribution in [0.25, 0.3) is 28.0 Å². The second-order valence-corrected chi connectivity index (χ2v) is 10.4. The molecule has 0 unspecified atom stereocenters. The zero-order valence-electron chi connectivity index (χ0n) is 21.9. The number of rotatable bonds is 5. The van der Waals surface area contributed by atoms with E-state index >= 15 is 0 Å². The number of anilines is 1. The average molecular weight is 534 g/mol. The first kappa shape index (κ1) is 24.1. The van der Waals surface area contributed by atoms with Gasteiger partial charge in [-0.2, -0.15) is 9.61 Å². The number of benzene rings is 1. The van der Waals surface area contributed by atoms with Crippen LogP contribution < -0.4 is 5.32 Å². The SMILES string of the molecule is CC(=O)Nc1cc([C@H]2C[C@H]3CC[C@@H](C2)N3C(=O)c2nnc[nH]2)nc2c(-c3ccc(-c4ccccc4)nc3)cnn12. The first-order valence-corrected chi connectivity index (χ1v) is 13.4. The lowest BCUT2D eigenvalue weighted by atomic mass is 9.87. The molecule has 0 radical (unpaired) electrons. The average Bonchev–Trinajstić information content (AvgIpc) is 3.71. The molecule has 11 nitrogen and oxygen atoms in total. The lowest BCUT2D eigenvalue weighted by Gasteiger charge is -2.38. The third-order valence-electron chi connectivity index (χ3n) is 7.94. The Kier molecular flexibility index (Phi) is 5.84. The Morgan fingerprint density at radius 3 is 2.48 bits per heavy atom. The van der Waals surface area contributed by atoms with Crippen molar-refractivity contribution >= 4 is 23.3 Å². The summed E-state index contributed by atoms with van der Waals surface area (Å²) in [6, 6.07) is 16.2. The molecule has 0 saturated carbocycles. The third-order valence-corrected chi connectivity index (χ3v) is 7.94. The molecular formula is C29H27N9O2. The van der Waals surface area contributed by atoms with E-state index in [0.717, 1.165) is 53.8 Å². The molecule has 4 aromatic heterocycles. The van der Waals surface area contributed by atoms with Crippen LogP contribution in [0.2, 0.25) is 0 Å². The number of carbonyl (C=O) groups excluding carboxylic acids is 2. The van der Waals surface area contributed by atoms with Crippen molar-refractivity contribution in [3.8, 4) is 22.4 Å². The van der Waals surface area contributed by atoms with Gasteiger partial charge in [0.25, 0.3) is 5.91 Å². The fraction of sp³-hybridized carbons (Fsp3) is 0.276. The summed E-state index contributed by atoms with van der Waals surface area (Å²) in [6.45, 7) is 1.48. The predicted octanol–water partition coefficient (Wildman–Crippen LogP) is 4.09. The minimum atomic E-state index is -0.183. The minimum absolute atomic E-state index is 0.0997. The standard InChI is InChI=1S/C29H27N9O2/c1-17(39)34-26-13-25(20-11-21-8-9-22(12-20)37(21)29(40)27-31-16-32-36-27)35-28-23(15-33-38(26)28)19-7-10-24(30-14-19)18-5-3-2-4-6-18/h2-7,10,13-16,20-22H,8-9,11-12H2,1H3,(H,34,39)(H,31,32,36)/t20-,21+,22-.